The molecule has 0 saturated carbocycles. The molecule has 0 aliphatic carbocycles. The normalized spacial score (nSPS) is 11.4. The third-order valence-electron chi connectivity index (χ3n) is 1.70. The summed E-state index contributed by atoms with van der Waals surface area (Å²) in [5.74, 6) is -0.463. The molecule has 0 amide bonds. The molecule has 1 aromatic rings. The van der Waals surface area contributed by atoms with Gasteiger partial charge in [0.05, 0.1) is 12.3 Å². The summed E-state index contributed by atoms with van der Waals surface area (Å²) < 4.78 is 4.76. The Balaban J connectivity index is 2.83. The number of aromatic amines is 1. The van der Waals surface area contributed by atoms with Crippen LogP contribution in [0.4, 0.5) is 0 Å². The first-order valence-corrected chi connectivity index (χ1v) is 4.40. The van der Waals surface area contributed by atoms with Gasteiger partial charge < -0.3 is 9.84 Å². The first-order chi connectivity index (χ1) is 6.45. The molecule has 5 nitrogen and oxygen atoms in total. The monoisotopic (exact) mass is 198 g/mol. The summed E-state index contributed by atoms with van der Waals surface area (Å²) in [5, 5.41) is 15.9. The first-order valence-electron chi connectivity index (χ1n) is 4.40. The van der Waals surface area contributed by atoms with Crippen molar-refractivity contribution in [2.45, 2.75) is 26.4 Å². The van der Waals surface area contributed by atoms with Crippen LogP contribution < -0.4 is 0 Å². The van der Waals surface area contributed by atoms with E-state index >= 15 is 0 Å². The number of H-pyrrole nitrogens is 1. The largest absolute Gasteiger partial charge is 0.461 e. The summed E-state index contributed by atoms with van der Waals surface area (Å²) in [5.41, 5.74) is -0.383. The molecule has 0 spiro atoms. The fraction of sp³-hybridized carbons (Fsp3) is 0.556. The van der Waals surface area contributed by atoms with E-state index in [0.29, 0.717) is 12.3 Å². The molecule has 0 bridgehead atoms. The highest BCUT2D eigenvalue weighted by molar-refractivity contribution is 5.87. The lowest BCUT2D eigenvalue weighted by Crippen LogP contribution is -2.15. The van der Waals surface area contributed by atoms with Gasteiger partial charge in [-0.05, 0) is 26.8 Å². The first kappa shape index (κ1) is 10.7. The van der Waals surface area contributed by atoms with Crippen molar-refractivity contribution in [1.29, 1.82) is 0 Å². The van der Waals surface area contributed by atoms with E-state index in [1.54, 1.807) is 20.8 Å². The lowest BCUT2D eigenvalue weighted by Gasteiger charge is -2.12. The number of esters is 1. The maximum atomic E-state index is 11.2. The molecule has 0 fully saturated rings. The van der Waals surface area contributed by atoms with Gasteiger partial charge >= 0.3 is 5.97 Å². The second-order valence-electron chi connectivity index (χ2n) is 3.45. The molecule has 0 aromatic carbocycles. The van der Waals surface area contributed by atoms with Gasteiger partial charge in [0, 0.05) is 0 Å². The van der Waals surface area contributed by atoms with Gasteiger partial charge in [0.2, 0.25) is 0 Å². The van der Waals surface area contributed by atoms with Gasteiger partial charge in [-0.2, -0.15) is 5.10 Å². The Hall–Kier alpha value is -1.36. The zero-order chi connectivity index (χ0) is 10.8. The SMILES string of the molecule is CCOC(=O)c1cc(C(C)(C)O)n[nH]1. The van der Waals surface area contributed by atoms with E-state index < -0.39 is 11.6 Å². The Kier molecular flexibility index (Phi) is 2.90. The number of aromatic nitrogens is 2. The van der Waals surface area contributed by atoms with Crippen molar-refractivity contribution in [2.24, 2.45) is 0 Å². The molecule has 0 atom stereocenters. The van der Waals surface area contributed by atoms with Crippen LogP contribution in [0.5, 0.6) is 0 Å². The second kappa shape index (κ2) is 3.79. The highest BCUT2D eigenvalue weighted by atomic mass is 16.5. The molecule has 0 unspecified atom stereocenters. The quantitative estimate of drug-likeness (QED) is 0.705. The number of hydrogen-bond donors (Lipinski definition) is 2. The minimum absolute atomic E-state index is 0.254. The van der Waals surface area contributed by atoms with Crippen LogP contribution in [0.2, 0.25) is 0 Å². The number of hydrogen-bond acceptors (Lipinski definition) is 4. The van der Waals surface area contributed by atoms with Gasteiger partial charge in [0.25, 0.3) is 0 Å². The van der Waals surface area contributed by atoms with Gasteiger partial charge in [-0.25, -0.2) is 4.79 Å². The van der Waals surface area contributed by atoms with E-state index in [9.17, 15) is 9.90 Å². The molecule has 0 aliphatic heterocycles. The Morgan fingerprint density at radius 1 is 1.71 bits per heavy atom. The molecule has 0 aliphatic rings. The van der Waals surface area contributed by atoms with E-state index in [1.165, 1.54) is 6.07 Å². The molecular weight excluding hydrogens is 184 g/mol. The van der Waals surface area contributed by atoms with Crippen molar-refractivity contribution in [3.8, 4) is 0 Å². The van der Waals surface area contributed by atoms with E-state index in [4.69, 9.17) is 4.74 Å². The number of nitrogens with one attached hydrogen (secondary N) is 1. The molecular formula is C9H14N2O3. The van der Waals surface area contributed by atoms with Crippen LogP contribution in [0.25, 0.3) is 0 Å². The van der Waals surface area contributed by atoms with Crippen molar-refractivity contribution in [3.05, 3.63) is 17.5 Å². The summed E-state index contributed by atoms with van der Waals surface area (Å²) in [4.78, 5) is 11.2. The van der Waals surface area contributed by atoms with Crippen LogP contribution in [0.15, 0.2) is 6.07 Å². The van der Waals surface area contributed by atoms with Crippen molar-refractivity contribution in [1.82, 2.24) is 10.2 Å². The van der Waals surface area contributed by atoms with Crippen molar-refractivity contribution in [2.75, 3.05) is 6.61 Å². The van der Waals surface area contributed by atoms with Crippen molar-refractivity contribution < 1.29 is 14.6 Å². The molecule has 1 heterocycles. The van der Waals surface area contributed by atoms with E-state index in [1.807, 2.05) is 0 Å². The lowest BCUT2D eigenvalue weighted by molar-refractivity contribution is 0.0519. The third kappa shape index (κ3) is 2.32. The van der Waals surface area contributed by atoms with Crippen LogP contribution in [-0.2, 0) is 10.3 Å². The summed E-state index contributed by atoms with van der Waals surface area (Å²) in [7, 11) is 0. The number of ether oxygens (including phenoxy) is 1. The number of rotatable bonds is 3. The Bertz CT molecular complexity index is 325. The molecule has 78 valence electrons. The highest BCUT2D eigenvalue weighted by Crippen LogP contribution is 2.17. The molecule has 0 radical (unpaired) electrons. The third-order valence-corrected chi connectivity index (χ3v) is 1.70. The molecule has 1 rings (SSSR count). The zero-order valence-electron chi connectivity index (χ0n) is 8.50. The van der Waals surface area contributed by atoms with Gasteiger partial charge in [0.15, 0.2) is 0 Å². The summed E-state index contributed by atoms with van der Waals surface area (Å²) in [6, 6.07) is 1.48. The van der Waals surface area contributed by atoms with E-state index in [-0.39, 0.29) is 5.69 Å². The number of nitrogens with zero attached hydrogens (tertiary/aromatic N) is 1. The summed E-state index contributed by atoms with van der Waals surface area (Å²) in [6.07, 6.45) is 0. The molecule has 1 aromatic heterocycles. The average Bonchev–Trinajstić information content (AvgIpc) is 2.51. The Morgan fingerprint density at radius 3 is 2.79 bits per heavy atom. The standard InChI is InChI=1S/C9H14N2O3/c1-4-14-8(12)6-5-7(11-10-6)9(2,3)13/h5,13H,4H2,1-3H3,(H,10,11). The van der Waals surface area contributed by atoms with Gasteiger partial charge in [-0.3, -0.25) is 5.10 Å². The average molecular weight is 198 g/mol. The minimum Gasteiger partial charge on any atom is -0.461 e. The smallest absolute Gasteiger partial charge is 0.356 e. The van der Waals surface area contributed by atoms with Crippen LogP contribution in [0.3, 0.4) is 0 Å². The molecule has 14 heavy (non-hydrogen) atoms. The van der Waals surface area contributed by atoms with Crippen molar-refractivity contribution in [3.63, 3.8) is 0 Å². The van der Waals surface area contributed by atoms with Crippen LogP contribution >= 0.6 is 0 Å². The Labute approximate surface area is 82.1 Å². The lowest BCUT2D eigenvalue weighted by atomic mass is 10.1. The maximum Gasteiger partial charge on any atom is 0.356 e. The molecule has 5 heteroatoms. The van der Waals surface area contributed by atoms with Gasteiger partial charge in [0.1, 0.15) is 11.3 Å². The van der Waals surface area contributed by atoms with E-state index in [2.05, 4.69) is 10.2 Å². The van der Waals surface area contributed by atoms with Crippen LogP contribution in [-0.4, -0.2) is 27.9 Å². The highest BCUT2D eigenvalue weighted by Gasteiger charge is 2.21. The number of aliphatic hydroxyl groups is 1. The maximum absolute atomic E-state index is 11.2. The topological polar surface area (TPSA) is 75.2 Å². The fourth-order valence-electron chi connectivity index (χ4n) is 0.949. The zero-order valence-corrected chi connectivity index (χ0v) is 8.50. The Morgan fingerprint density at radius 2 is 2.36 bits per heavy atom. The summed E-state index contributed by atoms with van der Waals surface area (Å²) in [6.45, 7) is 5.23. The minimum atomic E-state index is -1.05. The molecule has 2 N–H and O–H groups in total. The number of carbonyl (C=O) groups is 1. The van der Waals surface area contributed by atoms with Gasteiger partial charge in [-0.15, -0.1) is 0 Å². The second-order valence-corrected chi connectivity index (χ2v) is 3.45. The predicted octanol–water partition coefficient (Wildman–Crippen LogP) is 0.814. The fourth-order valence-corrected chi connectivity index (χ4v) is 0.949. The summed E-state index contributed by atoms with van der Waals surface area (Å²) >= 11 is 0. The van der Waals surface area contributed by atoms with E-state index in [0.717, 1.165) is 0 Å². The van der Waals surface area contributed by atoms with Crippen LogP contribution in [0.1, 0.15) is 37.0 Å². The molecule has 0 saturated heterocycles. The predicted molar refractivity (Wildman–Crippen MR) is 49.8 cm³/mol. The van der Waals surface area contributed by atoms with Crippen LogP contribution in [0, 0.1) is 0 Å². The number of carbonyl (C=O) groups excluding carboxylic acids is 1. The van der Waals surface area contributed by atoms with Crippen molar-refractivity contribution >= 4 is 5.97 Å². The van der Waals surface area contributed by atoms with Gasteiger partial charge in [-0.1, -0.05) is 0 Å².